The lowest BCUT2D eigenvalue weighted by molar-refractivity contribution is -0.143. The predicted octanol–water partition coefficient (Wildman–Crippen LogP) is 4.12. The van der Waals surface area contributed by atoms with Crippen molar-refractivity contribution in [2.45, 2.75) is 18.4 Å². The molecule has 1 N–H and O–H groups in total. The van der Waals surface area contributed by atoms with Crippen molar-refractivity contribution in [1.29, 1.82) is 0 Å². The molecule has 3 rings (SSSR count). The van der Waals surface area contributed by atoms with Gasteiger partial charge in [-0.1, -0.05) is 42.0 Å². The van der Waals surface area contributed by atoms with Gasteiger partial charge in [0, 0.05) is 11.1 Å². The van der Waals surface area contributed by atoms with E-state index in [4.69, 9.17) is 21.1 Å². The van der Waals surface area contributed by atoms with Crippen molar-refractivity contribution in [2.75, 3.05) is 14.2 Å². The Labute approximate surface area is 173 Å². The molecule has 0 fully saturated rings. The normalized spacial score (nSPS) is 18.9. The van der Waals surface area contributed by atoms with Crippen molar-refractivity contribution in [3.05, 3.63) is 76.6 Å². The zero-order valence-corrected chi connectivity index (χ0v) is 16.8. The summed E-state index contributed by atoms with van der Waals surface area (Å²) in [6.07, 6.45) is 4.17. The number of ether oxygens (including phenoxy) is 2. The highest BCUT2D eigenvalue weighted by Gasteiger charge is 2.35. The molecule has 0 saturated heterocycles. The highest BCUT2D eigenvalue weighted by molar-refractivity contribution is 6.31. The summed E-state index contributed by atoms with van der Waals surface area (Å²) in [7, 11) is 2.80. The Hall–Kier alpha value is -2.86. The summed E-state index contributed by atoms with van der Waals surface area (Å²) in [5, 5.41) is 3.10. The quantitative estimate of drug-likeness (QED) is 0.567. The number of hydrogen-bond acceptors (Lipinski definition) is 4. The molecule has 1 aliphatic rings. The average Bonchev–Trinajstić information content (AvgIpc) is 3.17. The molecule has 2 aromatic carbocycles. The van der Waals surface area contributed by atoms with Gasteiger partial charge in [-0.15, -0.1) is 0 Å². The first-order valence-corrected chi connectivity index (χ1v) is 9.47. The Morgan fingerprint density at radius 2 is 1.93 bits per heavy atom. The second-order valence-electron chi connectivity index (χ2n) is 6.73. The highest BCUT2D eigenvalue weighted by atomic mass is 35.5. The SMILES string of the molecule is COC(=O)[C@H](c1ccc(F)cc1Cl)[C@@H]1C=C[C@@H](NC(=O)c2ccccc2OC)C1. The topological polar surface area (TPSA) is 64.6 Å². The largest absolute Gasteiger partial charge is 0.496 e. The van der Waals surface area contributed by atoms with Crippen LogP contribution in [0.15, 0.2) is 54.6 Å². The van der Waals surface area contributed by atoms with Gasteiger partial charge in [0.15, 0.2) is 0 Å². The van der Waals surface area contributed by atoms with Crippen molar-refractivity contribution in [1.82, 2.24) is 5.32 Å². The molecule has 0 spiro atoms. The van der Waals surface area contributed by atoms with Crippen molar-refractivity contribution in [3.63, 3.8) is 0 Å². The Morgan fingerprint density at radius 1 is 1.17 bits per heavy atom. The van der Waals surface area contributed by atoms with Crippen LogP contribution < -0.4 is 10.1 Å². The van der Waals surface area contributed by atoms with Crippen LogP contribution in [0.25, 0.3) is 0 Å². The van der Waals surface area contributed by atoms with Crippen molar-refractivity contribution in [2.24, 2.45) is 5.92 Å². The first kappa shape index (κ1) is 20.9. The number of carbonyl (C=O) groups is 2. The zero-order chi connectivity index (χ0) is 21.0. The third-order valence-electron chi connectivity index (χ3n) is 4.97. The van der Waals surface area contributed by atoms with Gasteiger partial charge in [-0.2, -0.15) is 0 Å². The average molecular weight is 418 g/mol. The first-order chi connectivity index (χ1) is 13.9. The van der Waals surface area contributed by atoms with Gasteiger partial charge in [0.1, 0.15) is 11.6 Å². The number of hydrogen-bond donors (Lipinski definition) is 1. The number of methoxy groups -OCH3 is 2. The van der Waals surface area contributed by atoms with E-state index in [1.54, 1.807) is 24.3 Å². The molecular formula is C22H21ClFNO4. The third-order valence-corrected chi connectivity index (χ3v) is 5.29. The lowest BCUT2D eigenvalue weighted by atomic mass is 9.85. The summed E-state index contributed by atoms with van der Waals surface area (Å²) in [6.45, 7) is 0. The maximum Gasteiger partial charge on any atom is 0.313 e. The van der Waals surface area contributed by atoms with Crippen LogP contribution >= 0.6 is 11.6 Å². The summed E-state index contributed by atoms with van der Waals surface area (Å²) < 4.78 is 23.6. The van der Waals surface area contributed by atoms with E-state index in [9.17, 15) is 14.0 Å². The van der Waals surface area contributed by atoms with Gasteiger partial charge in [-0.25, -0.2) is 4.39 Å². The number of benzene rings is 2. The molecule has 0 aromatic heterocycles. The van der Waals surface area contributed by atoms with Gasteiger partial charge in [0.05, 0.1) is 25.7 Å². The summed E-state index contributed by atoms with van der Waals surface area (Å²) >= 11 is 6.18. The van der Waals surface area contributed by atoms with Crippen molar-refractivity contribution < 1.29 is 23.5 Å². The van der Waals surface area contributed by atoms with E-state index in [2.05, 4.69) is 5.32 Å². The molecule has 5 nitrogen and oxygen atoms in total. The van der Waals surface area contributed by atoms with Crippen LogP contribution in [-0.4, -0.2) is 32.1 Å². The van der Waals surface area contributed by atoms with Gasteiger partial charge >= 0.3 is 5.97 Å². The minimum Gasteiger partial charge on any atom is -0.496 e. The van der Waals surface area contributed by atoms with E-state index in [-0.39, 0.29) is 22.9 Å². The van der Waals surface area contributed by atoms with Crippen LogP contribution in [0.3, 0.4) is 0 Å². The number of esters is 1. The lowest BCUT2D eigenvalue weighted by Gasteiger charge is -2.23. The Kier molecular flexibility index (Phi) is 6.54. The maximum atomic E-state index is 13.4. The van der Waals surface area contributed by atoms with Crippen molar-refractivity contribution >= 4 is 23.5 Å². The Bertz CT molecular complexity index is 946. The van der Waals surface area contributed by atoms with Gasteiger partial charge in [0.2, 0.25) is 0 Å². The lowest BCUT2D eigenvalue weighted by Crippen LogP contribution is -2.34. The molecule has 29 heavy (non-hydrogen) atoms. The first-order valence-electron chi connectivity index (χ1n) is 9.09. The number of halogens is 2. The van der Waals surface area contributed by atoms with Gasteiger partial charge in [-0.05, 0) is 42.2 Å². The molecule has 0 bridgehead atoms. The fourth-order valence-electron chi connectivity index (χ4n) is 3.57. The number of rotatable bonds is 6. The molecule has 7 heteroatoms. The summed E-state index contributed by atoms with van der Waals surface area (Å²) in [6, 6.07) is 10.6. The fourth-order valence-corrected chi connectivity index (χ4v) is 3.86. The van der Waals surface area contributed by atoms with Crippen LogP contribution in [0, 0.1) is 11.7 Å². The van der Waals surface area contributed by atoms with E-state index in [1.165, 1.54) is 32.4 Å². The molecular weight excluding hydrogens is 397 g/mol. The molecule has 3 atom stereocenters. The van der Waals surface area contributed by atoms with E-state index in [0.29, 0.717) is 23.3 Å². The molecule has 1 amide bonds. The standard InChI is InChI=1S/C22H21ClFNO4/c1-28-19-6-4-3-5-17(19)21(26)25-15-9-7-13(11-15)20(22(27)29-2)16-10-8-14(24)12-18(16)23/h3-10,12-13,15,20H,11H2,1-2H3,(H,25,26)/t13-,15-,20+/m1/s1. The number of allylic oxidation sites excluding steroid dienone is 1. The van der Waals surface area contributed by atoms with Gasteiger partial charge in [0.25, 0.3) is 5.91 Å². The molecule has 152 valence electrons. The molecule has 0 heterocycles. The van der Waals surface area contributed by atoms with Gasteiger partial charge < -0.3 is 14.8 Å². The second kappa shape index (κ2) is 9.09. The minimum absolute atomic E-state index is 0.162. The van der Waals surface area contributed by atoms with Crippen LogP contribution in [0.2, 0.25) is 5.02 Å². The molecule has 0 aliphatic heterocycles. The highest BCUT2D eigenvalue weighted by Crippen LogP contribution is 2.37. The van der Waals surface area contributed by atoms with Gasteiger partial charge in [-0.3, -0.25) is 9.59 Å². The second-order valence-corrected chi connectivity index (χ2v) is 7.14. The van der Waals surface area contributed by atoms with Crippen LogP contribution in [0.1, 0.15) is 28.3 Å². The summed E-state index contributed by atoms with van der Waals surface area (Å²) in [5.41, 5.74) is 0.921. The monoisotopic (exact) mass is 417 g/mol. The summed E-state index contributed by atoms with van der Waals surface area (Å²) in [4.78, 5) is 25.1. The number of amides is 1. The van der Waals surface area contributed by atoms with E-state index >= 15 is 0 Å². The van der Waals surface area contributed by atoms with Crippen LogP contribution in [0.4, 0.5) is 4.39 Å². The Morgan fingerprint density at radius 3 is 2.62 bits per heavy atom. The molecule has 0 radical (unpaired) electrons. The third kappa shape index (κ3) is 4.59. The Balaban J connectivity index is 1.76. The molecule has 0 unspecified atom stereocenters. The maximum absolute atomic E-state index is 13.4. The molecule has 2 aromatic rings. The van der Waals surface area contributed by atoms with Crippen LogP contribution in [0.5, 0.6) is 5.75 Å². The smallest absolute Gasteiger partial charge is 0.313 e. The van der Waals surface area contributed by atoms with E-state index in [0.717, 1.165) is 0 Å². The zero-order valence-electron chi connectivity index (χ0n) is 16.0. The molecule has 1 aliphatic carbocycles. The van der Waals surface area contributed by atoms with Crippen LogP contribution in [-0.2, 0) is 9.53 Å². The van der Waals surface area contributed by atoms with E-state index < -0.39 is 17.7 Å². The number of para-hydroxylation sites is 1. The number of carbonyl (C=O) groups excluding carboxylic acids is 2. The minimum atomic E-state index is -0.697. The van der Waals surface area contributed by atoms with Crippen molar-refractivity contribution in [3.8, 4) is 5.75 Å². The molecule has 0 saturated carbocycles. The number of nitrogens with one attached hydrogen (secondary N) is 1. The fraction of sp³-hybridized carbons (Fsp3) is 0.273. The van der Waals surface area contributed by atoms with E-state index in [1.807, 2.05) is 12.2 Å². The predicted molar refractivity (Wildman–Crippen MR) is 108 cm³/mol. The summed E-state index contributed by atoms with van der Waals surface area (Å²) in [5.74, 6) is -1.69.